The minimum Gasteiger partial charge on any atom is -0.212 e. The van der Waals surface area contributed by atoms with E-state index >= 15 is 0 Å². The van der Waals surface area contributed by atoms with Gasteiger partial charge in [0.1, 0.15) is 5.54 Å². The van der Waals surface area contributed by atoms with Gasteiger partial charge in [0.15, 0.2) is 11.0 Å². The van der Waals surface area contributed by atoms with Gasteiger partial charge < -0.3 is 0 Å². The highest BCUT2D eigenvalue weighted by molar-refractivity contribution is 5.98. The van der Waals surface area contributed by atoms with Gasteiger partial charge in [-0.05, 0) is 42.7 Å². The van der Waals surface area contributed by atoms with Gasteiger partial charge >= 0.3 is 0 Å². The fraction of sp³-hybridized carbons (Fsp3) is 0.407. The minimum atomic E-state index is -0.214. The summed E-state index contributed by atoms with van der Waals surface area (Å²) < 4.78 is 5.01. The maximum atomic E-state index is 5.26. The molecule has 5 rings (SSSR count). The van der Waals surface area contributed by atoms with E-state index in [2.05, 4.69) is 106 Å². The lowest BCUT2D eigenvalue weighted by Crippen LogP contribution is -2.66. The van der Waals surface area contributed by atoms with Crippen LogP contribution >= 0.6 is 0 Å². The van der Waals surface area contributed by atoms with Gasteiger partial charge in [-0.2, -0.15) is 4.40 Å². The summed E-state index contributed by atoms with van der Waals surface area (Å²) in [7, 11) is 0. The first-order chi connectivity index (χ1) is 14.2. The van der Waals surface area contributed by atoms with E-state index in [4.69, 9.17) is 4.98 Å². The van der Waals surface area contributed by atoms with E-state index in [-0.39, 0.29) is 16.4 Å². The maximum Gasteiger partial charge on any atom is 0.299 e. The Morgan fingerprint density at radius 1 is 1.07 bits per heavy atom. The molecule has 0 bridgehead atoms. The van der Waals surface area contributed by atoms with Crippen molar-refractivity contribution in [3.05, 3.63) is 66.5 Å². The van der Waals surface area contributed by atoms with Crippen LogP contribution in [-0.4, -0.2) is 9.38 Å². The van der Waals surface area contributed by atoms with Crippen LogP contribution in [-0.2, 0) is 16.4 Å². The standard InChI is InChI=1S/C27H32N3/c1-8-26(7)18-14-13-15-19-22(18)23-29(24(28-19)25(4,5)6)20-16-11-12-17-21(20)30(23)27(26,9-2)10-3/h9,11-17H,2,8,10H2,1,3-7H3/q+1. The van der Waals surface area contributed by atoms with Crippen molar-refractivity contribution in [3.63, 3.8) is 0 Å². The van der Waals surface area contributed by atoms with Gasteiger partial charge in [0.2, 0.25) is 5.82 Å². The molecule has 0 spiro atoms. The molecule has 2 unspecified atom stereocenters. The molecule has 3 heterocycles. The molecule has 3 nitrogen and oxygen atoms in total. The van der Waals surface area contributed by atoms with Gasteiger partial charge in [-0.15, -0.1) is 0 Å². The Morgan fingerprint density at radius 2 is 1.80 bits per heavy atom. The van der Waals surface area contributed by atoms with Gasteiger partial charge in [-0.25, -0.2) is 9.55 Å². The molecule has 30 heavy (non-hydrogen) atoms. The molecule has 0 saturated heterocycles. The lowest BCUT2D eigenvalue weighted by Gasteiger charge is -2.47. The van der Waals surface area contributed by atoms with Crippen LogP contribution in [0, 0.1) is 0 Å². The Labute approximate surface area is 179 Å². The first-order valence-corrected chi connectivity index (χ1v) is 11.2. The first-order valence-electron chi connectivity index (χ1n) is 11.2. The van der Waals surface area contributed by atoms with Crippen molar-refractivity contribution in [3.8, 4) is 0 Å². The van der Waals surface area contributed by atoms with E-state index in [1.54, 1.807) is 0 Å². The van der Waals surface area contributed by atoms with E-state index in [0.717, 1.165) is 24.2 Å². The van der Waals surface area contributed by atoms with E-state index in [1.807, 2.05) is 0 Å². The number of allylic oxidation sites excluding steroid dienone is 1. The van der Waals surface area contributed by atoms with Crippen LogP contribution in [0.2, 0.25) is 0 Å². The van der Waals surface area contributed by atoms with Gasteiger partial charge in [0.25, 0.3) is 5.65 Å². The third-order valence-corrected chi connectivity index (χ3v) is 7.69. The number of rotatable bonds is 3. The zero-order valence-electron chi connectivity index (χ0n) is 19.1. The highest BCUT2D eigenvalue weighted by atomic mass is 15.2. The zero-order valence-corrected chi connectivity index (χ0v) is 19.1. The highest BCUT2D eigenvalue weighted by Crippen LogP contribution is 2.50. The Balaban J connectivity index is 2.22. The molecule has 0 saturated carbocycles. The van der Waals surface area contributed by atoms with E-state index in [1.165, 1.54) is 27.6 Å². The van der Waals surface area contributed by atoms with Crippen LogP contribution in [0.5, 0.6) is 0 Å². The molecular formula is C27H32N3+. The van der Waals surface area contributed by atoms with Crippen molar-refractivity contribution in [2.45, 2.75) is 70.8 Å². The summed E-state index contributed by atoms with van der Waals surface area (Å²) >= 11 is 0. The second-order valence-corrected chi connectivity index (χ2v) is 10.0. The molecule has 4 aromatic rings. The fourth-order valence-electron chi connectivity index (χ4n) is 5.99. The van der Waals surface area contributed by atoms with Crippen LogP contribution in [0.15, 0.2) is 55.1 Å². The van der Waals surface area contributed by atoms with Crippen LogP contribution < -0.4 is 4.57 Å². The molecule has 154 valence electrons. The first kappa shape index (κ1) is 19.3. The molecule has 0 N–H and O–H groups in total. The topological polar surface area (TPSA) is 21.2 Å². The SMILES string of the molecule is C=CC1(CC)[n+]2c3ccccc3n3c(C(C)(C)C)nc4cccc(c4c32)C1(C)CC. The number of para-hydroxylation sites is 2. The summed E-state index contributed by atoms with van der Waals surface area (Å²) in [6, 6.07) is 15.5. The molecule has 0 fully saturated rings. The predicted octanol–water partition coefficient (Wildman–Crippen LogP) is 6.20. The number of hydrogen-bond acceptors (Lipinski definition) is 1. The largest absolute Gasteiger partial charge is 0.299 e. The summed E-state index contributed by atoms with van der Waals surface area (Å²) in [5.41, 5.74) is 5.85. The molecule has 1 aliphatic heterocycles. The Kier molecular flexibility index (Phi) is 3.82. The lowest BCUT2D eigenvalue weighted by atomic mass is 9.61. The second kappa shape index (κ2) is 5.94. The van der Waals surface area contributed by atoms with Crippen molar-refractivity contribution < 1.29 is 4.57 Å². The van der Waals surface area contributed by atoms with Crippen molar-refractivity contribution in [2.24, 2.45) is 0 Å². The maximum absolute atomic E-state index is 5.26. The average molecular weight is 399 g/mol. The fourth-order valence-corrected chi connectivity index (χ4v) is 5.99. The Hall–Kier alpha value is -2.68. The summed E-state index contributed by atoms with van der Waals surface area (Å²) in [4.78, 5) is 5.26. The van der Waals surface area contributed by atoms with Crippen molar-refractivity contribution in [1.29, 1.82) is 0 Å². The normalized spacial score (nSPS) is 23.7. The van der Waals surface area contributed by atoms with E-state index < -0.39 is 0 Å². The second-order valence-electron chi connectivity index (χ2n) is 10.0. The third-order valence-electron chi connectivity index (χ3n) is 7.69. The van der Waals surface area contributed by atoms with E-state index in [9.17, 15) is 0 Å². The monoisotopic (exact) mass is 398 g/mol. The van der Waals surface area contributed by atoms with Crippen molar-refractivity contribution in [2.75, 3.05) is 0 Å². The van der Waals surface area contributed by atoms with Crippen molar-refractivity contribution in [1.82, 2.24) is 9.38 Å². The van der Waals surface area contributed by atoms with Crippen LogP contribution in [0.3, 0.4) is 0 Å². The van der Waals surface area contributed by atoms with Crippen LogP contribution in [0.4, 0.5) is 0 Å². The summed E-state index contributed by atoms with van der Waals surface area (Å²) in [6.45, 7) is 18.2. The Morgan fingerprint density at radius 3 is 2.43 bits per heavy atom. The van der Waals surface area contributed by atoms with Crippen molar-refractivity contribution >= 4 is 27.6 Å². The number of fused-ring (bicyclic) bond motifs is 3. The predicted molar refractivity (Wildman–Crippen MR) is 125 cm³/mol. The number of nitrogens with zero attached hydrogens (tertiary/aromatic N) is 3. The molecule has 2 aromatic carbocycles. The van der Waals surface area contributed by atoms with Crippen LogP contribution in [0.1, 0.15) is 65.8 Å². The third kappa shape index (κ3) is 2.01. The highest BCUT2D eigenvalue weighted by Gasteiger charge is 2.56. The van der Waals surface area contributed by atoms with Gasteiger partial charge in [0, 0.05) is 10.8 Å². The summed E-state index contributed by atoms with van der Waals surface area (Å²) in [5, 5.41) is 1.29. The molecule has 1 aliphatic rings. The minimum absolute atomic E-state index is 0.0732. The molecule has 2 aromatic heterocycles. The zero-order chi connectivity index (χ0) is 21.5. The van der Waals surface area contributed by atoms with Gasteiger partial charge in [-0.3, -0.25) is 0 Å². The summed E-state index contributed by atoms with van der Waals surface area (Å²) in [5.74, 6) is 1.10. The molecule has 0 aliphatic carbocycles. The molecule has 0 radical (unpaired) electrons. The molecule has 2 atom stereocenters. The number of imidazole rings is 1. The summed E-state index contributed by atoms with van der Waals surface area (Å²) in [6.07, 6.45) is 4.23. The van der Waals surface area contributed by atoms with Crippen LogP contribution in [0.25, 0.3) is 27.6 Å². The number of aromatic nitrogens is 3. The lowest BCUT2D eigenvalue weighted by molar-refractivity contribution is -0.719. The molecular weight excluding hydrogens is 366 g/mol. The Bertz CT molecular complexity index is 1340. The number of hydrogen-bond donors (Lipinski definition) is 0. The molecule has 0 amide bonds. The average Bonchev–Trinajstić information content (AvgIpc) is 3.09. The molecule has 3 heteroatoms. The smallest absolute Gasteiger partial charge is 0.212 e. The van der Waals surface area contributed by atoms with Gasteiger partial charge in [-0.1, -0.05) is 72.4 Å². The van der Waals surface area contributed by atoms with E-state index in [0.29, 0.717) is 0 Å². The number of benzene rings is 2. The van der Waals surface area contributed by atoms with Gasteiger partial charge in [0.05, 0.1) is 10.9 Å². The quantitative estimate of drug-likeness (QED) is 0.297.